The molecule has 0 aliphatic heterocycles. The van der Waals surface area contributed by atoms with E-state index in [9.17, 15) is 9.59 Å². The second kappa shape index (κ2) is 5.07. The van der Waals surface area contributed by atoms with Crippen molar-refractivity contribution in [2.24, 2.45) is 17.8 Å². The second-order valence-electron chi connectivity index (χ2n) is 5.62. The molecule has 2 saturated carbocycles. The van der Waals surface area contributed by atoms with Crippen molar-refractivity contribution in [3.63, 3.8) is 0 Å². The van der Waals surface area contributed by atoms with E-state index in [1.807, 2.05) is 6.92 Å². The molecule has 2 aliphatic rings. The molecular weight excluding hydrogens is 218 g/mol. The van der Waals surface area contributed by atoms with Crippen LogP contribution in [0.4, 0.5) is 0 Å². The third-order valence-corrected chi connectivity index (χ3v) is 4.03. The summed E-state index contributed by atoms with van der Waals surface area (Å²) in [6.45, 7) is 1.95. The van der Waals surface area contributed by atoms with E-state index in [2.05, 4.69) is 5.32 Å². The van der Waals surface area contributed by atoms with Gasteiger partial charge >= 0.3 is 5.97 Å². The van der Waals surface area contributed by atoms with E-state index in [0.29, 0.717) is 6.42 Å². The van der Waals surface area contributed by atoms with Gasteiger partial charge in [-0.1, -0.05) is 0 Å². The zero-order chi connectivity index (χ0) is 12.4. The summed E-state index contributed by atoms with van der Waals surface area (Å²) in [7, 11) is 0. The topological polar surface area (TPSA) is 66.4 Å². The molecule has 0 spiro atoms. The van der Waals surface area contributed by atoms with Crippen LogP contribution in [0.2, 0.25) is 0 Å². The predicted molar refractivity (Wildman–Crippen MR) is 63.4 cm³/mol. The van der Waals surface area contributed by atoms with Crippen molar-refractivity contribution >= 4 is 11.9 Å². The average molecular weight is 239 g/mol. The lowest BCUT2D eigenvalue weighted by Crippen LogP contribution is -2.36. The molecule has 2 fully saturated rings. The average Bonchev–Trinajstić information content (AvgIpc) is 2.85. The number of carbonyl (C=O) groups is 2. The summed E-state index contributed by atoms with van der Waals surface area (Å²) < 4.78 is 0. The third-order valence-electron chi connectivity index (χ3n) is 4.03. The summed E-state index contributed by atoms with van der Waals surface area (Å²) in [6, 6.07) is 0.0961. The summed E-state index contributed by atoms with van der Waals surface area (Å²) >= 11 is 0. The van der Waals surface area contributed by atoms with Gasteiger partial charge in [-0.25, -0.2) is 0 Å². The minimum Gasteiger partial charge on any atom is -0.481 e. The summed E-state index contributed by atoms with van der Waals surface area (Å²) in [5.74, 6) is 1.29. The van der Waals surface area contributed by atoms with Gasteiger partial charge < -0.3 is 10.4 Å². The molecule has 4 heteroatoms. The molecular formula is C13H21NO3. The predicted octanol–water partition coefficient (Wildman–Crippen LogP) is 1.79. The van der Waals surface area contributed by atoms with Gasteiger partial charge in [0.05, 0.1) is 0 Å². The summed E-state index contributed by atoms with van der Waals surface area (Å²) in [5, 5.41) is 11.5. The normalized spacial score (nSPS) is 31.7. The van der Waals surface area contributed by atoms with E-state index in [0.717, 1.165) is 31.1 Å². The Labute approximate surface area is 102 Å². The Morgan fingerprint density at radius 1 is 1.29 bits per heavy atom. The zero-order valence-corrected chi connectivity index (χ0v) is 10.3. The highest BCUT2D eigenvalue weighted by molar-refractivity contribution is 5.79. The van der Waals surface area contributed by atoms with Crippen molar-refractivity contribution in [1.82, 2.24) is 5.32 Å². The molecule has 0 saturated heterocycles. The fourth-order valence-electron chi connectivity index (χ4n) is 2.92. The summed E-state index contributed by atoms with van der Waals surface area (Å²) in [5.41, 5.74) is 0. The summed E-state index contributed by atoms with van der Waals surface area (Å²) in [6.07, 6.45) is 5.03. The van der Waals surface area contributed by atoms with Crippen LogP contribution >= 0.6 is 0 Å². The van der Waals surface area contributed by atoms with Gasteiger partial charge in [0.25, 0.3) is 0 Å². The van der Waals surface area contributed by atoms with Gasteiger partial charge in [0.1, 0.15) is 0 Å². The molecule has 3 unspecified atom stereocenters. The molecule has 17 heavy (non-hydrogen) atoms. The van der Waals surface area contributed by atoms with Gasteiger partial charge in [0.15, 0.2) is 0 Å². The molecule has 96 valence electrons. The maximum absolute atomic E-state index is 11.9. The van der Waals surface area contributed by atoms with Gasteiger partial charge in [0, 0.05) is 18.4 Å². The van der Waals surface area contributed by atoms with Crippen LogP contribution in [0.15, 0.2) is 0 Å². The van der Waals surface area contributed by atoms with Crippen molar-refractivity contribution in [1.29, 1.82) is 0 Å². The minimum atomic E-state index is -0.764. The molecule has 0 aromatic rings. The Morgan fingerprint density at radius 2 is 1.94 bits per heavy atom. The maximum Gasteiger partial charge on any atom is 0.303 e. The van der Waals surface area contributed by atoms with Crippen LogP contribution in [0.5, 0.6) is 0 Å². The number of rotatable bonds is 6. The van der Waals surface area contributed by atoms with E-state index in [1.54, 1.807) is 0 Å². The number of amides is 1. The Morgan fingerprint density at radius 3 is 2.53 bits per heavy atom. The van der Waals surface area contributed by atoms with Gasteiger partial charge in [-0.05, 0) is 50.9 Å². The van der Waals surface area contributed by atoms with Crippen LogP contribution in [0.25, 0.3) is 0 Å². The van der Waals surface area contributed by atoms with E-state index in [1.165, 1.54) is 6.42 Å². The first-order valence-corrected chi connectivity index (χ1v) is 6.58. The van der Waals surface area contributed by atoms with E-state index < -0.39 is 5.97 Å². The van der Waals surface area contributed by atoms with E-state index >= 15 is 0 Å². The first kappa shape index (κ1) is 12.4. The van der Waals surface area contributed by atoms with Gasteiger partial charge in [-0.15, -0.1) is 0 Å². The molecule has 3 atom stereocenters. The first-order chi connectivity index (χ1) is 8.06. The SMILES string of the molecule is CC(CCCC(=O)O)NC(=O)C1CC2CC2C1. The van der Waals surface area contributed by atoms with Crippen molar-refractivity contribution < 1.29 is 14.7 Å². The second-order valence-corrected chi connectivity index (χ2v) is 5.62. The van der Waals surface area contributed by atoms with Crippen LogP contribution in [-0.2, 0) is 9.59 Å². The van der Waals surface area contributed by atoms with Crippen molar-refractivity contribution in [2.75, 3.05) is 0 Å². The number of hydrogen-bond acceptors (Lipinski definition) is 2. The molecule has 2 rings (SSSR count). The Hall–Kier alpha value is -1.06. The Balaban J connectivity index is 1.62. The van der Waals surface area contributed by atoms with Crippen molar-refractivity contribution in [2.45, 2.75) is 51.5 Å². The lowest BCUT2D eigenvalue weighted by molar-refractivity contribution is -0.137. The number of hydrogen-bond donors (Lipinski definition) is 2. The maximum atomic E-state index is 11.9. The lowest BCUT2D eigenvalue weighted by atomic mass is 10.0. The molecule has 0 aromatic carbocycles. The van der Waals surface area contributed by atoms with E-state index in [4.69, 9.17) is 5.11 Å². The monoisotopic (exact) mass is 239 g/mol. The van der Waals surface area contributed by atoms with Gasteiger partial charge in [0.2, 0.25) is 5.91 Å². The number of carboxylic acid groups (broad SMARTS) is 1. The zero-order valence-electron chi connectivity index (χ0n) is 10.3. The third kappa shape index (κ3) is 3.45. The fraction of sp³-hybridized carbons (Fsp3) is 0.846. The number of fused-ring (bicyclic) bond motifs is 1. The van der Waals surface area contributed by atoms with Crippen LogP contribution < -0.4 is 5.32 Å². The quantitative estimate of drug-likeness (QED) is 0.742. The Kier molecular flexibility index (Phi) is 3.69. The molecule has 0 aromatic heterocycles. The van der Waals surface area contributed by atoms with Crippen LogP contribution in [0.1, 0.15) is 45.4 Å². The molecule has 0 radical (unpaired) electrons. The van der Waals surface area contributed by atoms with Crippen molar-refractivity contribution in [3.8, 4) is 0 Å². The summed E-state index contributed by atoms with van der Waals surface area (Å²) in [4.78, 5) is 22.3. The Bertz CT molecular complexity index is 306. The van der Waals surface area contributed by atoms with Crippen LogP contribution in [0, 0.1) is 17.8 Å². The highest BCUT2D eigenvalue weighted by Crippen LogP contribution is 2.54. The number of aliphatic carboxylic acids is 1. The molecule has 0 heterocycles. The molecule has 1 amide bonds. The highest BCUT2D eigenvalue weighted by Gasteiger charge is 2.47. The van der Waals surface area contributed by atoms with Gasteiger partial charge in [-0.2, -0.15) is 0 Å². The number of nitrogens with one attached hydrogen (secondary N) is 1. The van der Waals surface area contributed by atoms with Crippen molar-refractivity contribution in [3.05, 3.63) is 0 Å². The standard InChI is InChI=1S/C13H21NO3/c1-8(3-2-4-12(15)16)14-13(17)11-6-9-5-10(9)7-11/h8-11H,2-7H2,1H3,(H,14,17)(H,15,16). The van der Waals surface area contributed by atoms with Crippen LogP contribution in [-0.4, -0.2) is 23.0 Å². The first-order valence-electron chi connectivity index (χ1n) is 6.58. The largest absolute Gasteiger partial charge is 0.481 e. The molecule has 4 nitrogen and oxygen atoms in total. The van der Waals surface area contributed by atoms with E-state index in [-0.39, 0.29) is 24.3 Å². The molecule has 0 bridgehead atoms. The smallest absolute Gasteiger partial charge is 0.303 e. The lowest BCUT2D eigenvalue weighted by Gasteiger charge is -2.17. The molecule has 2 aliphatic carbocycles. The number of carboxylic acids is 1. The van der Waals surface area contributed by atoms with Gasteiger partial charge in [-0.3, -0.25) is 9.59 Å². The minimum absolute atomic E-state index is 0.0961. The number of carbonyl (C=O) groups excluding carboxylic acids is 1. The fourth-order valence-corrected chi connectivity index (χ4v) is 2.92. The molecule has 2 N–H and O–H groups in total. The van der Waals surface area contributed by atoms with Crippen LogP contribution in [0.3, 0.4) is 0 Å². The highest BCUT2D eigenvalue weighted by atomic mass is 16.4.